The molecule has 0 spiro atoms. The van der Waals surface area contributed by atoms with Gasteiger partial charge in [-0.05, 0) is 30.0 Å². The molecule has 0 bridgehead atoms. The summed E-state index contributed by atoms with van der Waals surface area (Å²) in [5, 5.41) is 8.79. The summed E-state index contributed by atoms with van der Waals surface area (Å²) in [5.74, 6) is 0.267. The fraction of sp³-hybridized carbons (Fsp3) is 0.500. The molecule has 0 saturated heterocycles. The molecule has 1 aromatic carbocycles. The third-order valence-corrected chi connectivity index (χ3v) is 3.76. The standard InChI is InChI=1S/C14H20O2S/c1-10(2)8-12-4-6-13(7-5-12)17-9-11(3)14(15)16/h4-7,10-11H,8-9H2,1-3H3,(H,15,16). The normalized spacial score (nSPS) is 12.7. The summed E-state index contributed by atoms with van der Waals surface area (Å²) in [4.78, 5) is 11.8. The van der Waals surface area contributed by atoms with Gasteiger partial charge in [-0.25, -0.2) is 0 Å². The molecular formula is C14H20O2S. The maximum atomic E-state index is 10.7. The van der Waals surface area contributed by atoms with E-state index in [1.807, 2.05) is 0 Å². The van der Waals surface area contributed by atoms with E-state index >= 15 is 0 Å². The van der Waals surface area contributed by atoms with E-state index in [2.05, 4.69) is 38.1 Å². The predicted molar refractivity (Wildman–Crippen MR) is 72.5 cm³/mol. The Morgan fingerprint density at radius 2 is 1.82 bits per heavy atom. The minimum absolute atomic E-state index is 0.296. The fourth-order valence-corrected chi connectivity index (χ4v) is 2.40. The molecule has 17 heavy (non-hydrogen) atoms. The fourth-order valence-electron chi connectivity index (χ4n) is 1.49. The van der Waals surface area contributed by atoms with E-state index in [1.165, 1.54) is 5.56 Å². The van der Waals surface area contributed by atoms with Crippen molar-refractivity contribution in [3.8, 4) is 0 Å². The number of carbonyl (C=O) groups is 1. The zero-order chi connectivity index (χ0) is 12.8. The first-order valence-electron chi connectivity index (χ1n) is 5.93. The van der Waals surface area contributed by atoms with Crippen LogP contribution in [-0.4, -0.2) is 16.8 Å². The molecule has 0 amide bonds. The number of hydrogen-bond donors (Lipinski definition) is 1. The lowest BCUT2D eigenvalue weighted by molar-refractivity contribution is -0.140. The Kier molecular flexibility index (Phi) is 5.56. The largest absolute Gasteiger partial charge is 0.481 e. The van der Waals surface area contributed by atoms with E-state index in [-0.39, 0.29) is 5.92 Å². The first-order valence-corrected chi connectivity index (χ1v) is 6.92. The molecule has 0 heterocycles. The Balaban J connectivity index is 2.48. The molecule has 1 unspecified atom stereocenters. The van der Waals surface area contributed by atoms with Crippen LogP contribution in [0.3, 0.4) is 0 Å². The summed E-state index contributed by atoms with van der Waals surface area (Å²) < 4.78 is 0. The number of hydrogen-bond acceptors (Lipinski definition) is 2. The van der Waals surface area contributed by atoms with E-state index in [0.29, 0.717) is 11.7 Å². The highest BCUT2D eigenvalue weighted by atomic mass is 32.2. The average molecular weight is 252 g/mol. The van der Waals surface area contributed by atoms with Crippen LogP contribution in [0.4, 0.5) is 0 Å². The van der Waals surface area contributed by atoms with Crippen LogP contribution in [0.2, 0.25) is 0 Å². The van der Waals surface area contributed by atoms with Gasteiger partial charge in [-0.1, -0.05) is 32.9 Å². The molecule has 0 aliphatic heterocycles. The highest BCUT2D eigenvalue weighted by Gasteiger charge is 2.10. The summed E-state index contributed by atoms with van der Waals surface area (Å²) in [6.07, 6.45) is 1.09. The molecule has 0 aromatic heterocycles. The second-order valence-electron chi connectivity index (χ2n) is 4.79. The average Bonchev–Trinajstić information content (AvgIpc) is 2.26. The molecule has 0 radical (unpaired) electrons. The number of rotatable bonds is 6. The summed E-state index contributed by atoms with van der Waals surface area (Å²) in [7, 11) is 0. The minimum Gasteiger partial charge on any atom is -0.481 e. The summed E-state index contributed by atoms with van der Waals surface area (Å²) in [6, 6.07) is 8.43. The van der Waals surface area contributed by atoms with Gasteiger partial charge in [0.15, 0.2) is 0 Å². The summed E-state index contributed by atoms with van der Waals surface area (Å²) in [5.41, 5.74) is 1.34. The minimum atomic E-state index is -0.728. The lowest BCUT2D eigenvalue weighted by Crippen LogP contribution is -2.11. The van der Waals surface area contributed by atoms with Crippen molar-refractivity contribution < 1.29 is 9.90 Å². The van der Waals surface area contributed by atoms with Gasteiger partial charge in [0, 0.05) is 10.6 Å². The topological polar surface area (TPSA) is 37.3 Å². The Morgan fingerprint density at radius 1 is 1.24 bits per heavy atom. The van der Waals surface area contributed by atoms with E-state index in [4.69, 9.17) is 5.11 Å². The van der Waals surface area contributed by atoms with Gasteiger partial charge < -0.3 is 5.11 Å². The molecule has 0 fully saturated rings. The molecule has 1 aromatic rings. The van der Waals surface area contributed by atoms with Crippen molar-refractivity contribution in [1.82, 2.24) is 0 Å². The van der Waals surface area contributed by atoms with Crippen molar-refractivity contribution in [2.24, 2.45) is 11.8 Å². The van der Waals surface area contributed by atoms with Crippen LogP contribution in [0.15, 0.2) is 29.2 Å². The van der Waals surface area contributed by atoms with Gasteiger partial charge in [-0.15, -0.1) is 11.8 Å². The molecule has 1 atom stereocenters. The van der Waals surface area contributed by atoms with E-state index < -0.39 is 5.97 Å². The van der Waals surface area contributed by atoms with Crippen LogP contribution >= 0.6 is 11.8 Å². The number of benzene rings is 1. The zero-order valence-electron chi connectivity index (χ0n) is 10.6. The molecule has 0 saturated carbocycles. The maximum Gasteiger partial charge on any atom is 0.307 e. The Bertz CT molecular complexity index is 357. The molecular weight excluding hydrogens is 232 g/mol. The summed E-state index contributed by atoms with van der Waals surface area (Å²) in [6.45, 7) is 6.15. The van der Waals surface area contributed by atoms with Gasteiger partial charge in [0.25, 0.3) is 0 Å². The van der Waals surface area contributed by atoms with Crippen LogP contribution in [0.25, 0.3) is 0 Å². The van der Waals surface area contributed by atoms with Crippen LogP contribution in [0, 0.1) is 11.8 Å². The monoisotopic (exact) mass is 252 g/mol. The molecule has 1 rings (SSSR count). The second-order valence-corrected chi connectivity index (χ2v) is 5.89. The first kappa shape index (κ1) is 14.1. The number of aliphatic carboxylic acids is 1. The van der Waals surface area contributed by atoms with Gasteiger partial charge in [-0.3, -0.25) is 4.79 Å². The SMILES string of the molecule is CC(C)Cc1ccc(SCC(C)C(=O)O)cc1. The molecule has 0 aliphatic carbocycles. The molecule has 2 nitrogen and oxygen atoms in total. The number of carboxylic acids is 1. The van der Waals surface area contributed by atoms with E-state index in [9.17, 15) is 4.79 Å². The lowest BCUT2D eigenvalue weighted by atomic mass is 10.0. The van der Waals surface area contributed by atoms with Crippen LogP contribution in [0.1, 0.15) is 26.3 Å². The van der Waals surface area contributed by atoms with Crippen LogP contribution in [0.5, 0.6) is 0 Å². The lowest BCUT2D eigenvalue weighted by Gasteiger charge is -2.08. The highest BCUT2D eigenvalue weighted by Crippen LogP contribution is 2.22. The van der Waals surface area contributed by atoms with Gasteiger partial charge >= 0.3 is 5.97 Å². The number of thioether (sulfide) groups is 1. The predicted octanol–water partition coefficient (Wildman–Crippen LogP) is 3.70. The van der Waals surface area contributed by atoms with E-state index in [1.54, 1.807) is 18.7 Å². The smallest absolute Gasteiger partial charge is 0.307 e. The van der Waals surface area contributed by atoms with Gasteiger partial charge in [0.2, 0.25) is 0 Å². The highest BCUT2D eigenvalue weighted by molar-refractivity contribution is 7.99. The molecule has 1 N–H and O–H groups in total. The first-order chi connectivity index (χ1) is 7.99. The van der Waals surface area contributed by atoms with Crippen molar-refractivity contribution in [3.05, 3.63) is 29.8 Å². The van der Waals surface area contributed by atoms with Crippen molar-refractivity contribution in [2.75, 3.05) is 5.75 Å². The molecule has 3 heteroatoms. The van der Waals surface area contributed by atoms with Crippen LogP contribution < -0.4 is 0 Å². The molecule has 94 valence electrons. The Labute approximate surface area is 107 Å². The summed E-state index contributed by atoms with van der Waals surface area (Å²) >= 11 is 1.60. The Hall–Kier alpha value is -0.960. The van der Waals surface area contributed by atoms with Gasteiger partial charge in [0.1, 0.15) is 0 Å². The third-order valence-electron chi connectivity index (χ3n) is 2.49. The van der Waals surface area contributed by atoms with Gasteiger partial charge in [0.05, 0.1) is 5.92 Å². The quantitative estimate of drug-likeness (QED) is 0.784. The van der Waals surface area contributed by atoms with Crippen molar-refractivity contribution in [2.45, 2.75) is 32.1 Å². The van der Waals surface area contributed by atoms with E-state index in [0.717, 1.165) is 11.3 Å². The maximum absolute atomic E-state index is 10.7. The third kappa shape index (κ3) is 5.26. The van der Waals surface area contributed by atoms with Gasteiger partial charge in [-0.2, -0.15) is 0 Å². The van der Waals surface area contributed by atoms with Crippen molar-refractivity contribution in [3.63, 3.8) is 0 Å². The zero-order valence-corrected chi connectivity index (χ0v) is 11.5. The Morgan fingerprint density at radius 3 is 2.29 bits per heavy atom. The second kappa shape index (κ2) is 6.70. The van der Waals surface area contributed by atoms with Crippen molar-refractivity contribution in [1.29, 1.82) is 0 Å². The number of carboxylic acid groups (broad SMARTS) is 1. The van der Waals surface area contributed by atoms with Crippen LogP contribution in [-0.2, 0) is 11.2 Å². The van der Waals surface area contributed by atoms with Crippen molar-refractivity contribution >= 4 is 17.7 Å². The molecule has 0 aliphatic rings.